The molecule has 0 saturated heterocycles. The maximum atomic E-state index is 11.7. The Hall–Kier alpha value is -1.72. The summed E-state index contributed by atoms with van der Waals surface area (Å²) in [6.45, 7) is -2.94. The predicted octanol–water partition coefficient (Wildman–Crippen LogP) is 0.782. The van der Waals surface area contributed by atoms with E-state index in [0.717, 1.165) is 12.3 Å². The number of carbonyl (C=O) groups is 1. The molecule has 0 aliphatic heterocycles. The smallest absolute Gasteiger partial charge is 0.387 e. The second-order valence-electron chi connectivity index (χ2n) is 2.15. The molecule has 0 fully saturated rings. The highest BCUT2D eigenvalue weighted by atomic mass is 19.3. The second kappa shape index (κ2) is 3.79. The number of hydrogen-bond acceptors (Lipinski definition) is 3. The van der Waals surface area contributed by atoms with E-state index in [1.54, 1.807) is 0 Å². The Morgan fingerprint density at radius 2 is 2.23 bits per heavy atom. The van der Waals surface area contributed by atoms with Crippen LogP contribution in [0.25, 0.3) is 0 Å². The third-order valence-corrected chi connectivity index (χ3v) is 1.22. The number of pyridine rings is 1. The molecule has 70 valence electrons. The fourth-order valence-corrected chi connectivity index (χ4v) is 0.721. The predicted molar refractivity (Wildman–Crippen MR) is 39.4 cm³/mol. The number of ether oxygens (including phenoxy) is 1. The van der Waals surface area contributed by atoms with Gasteiger partial charge in [0.1, 0.15) is 5.75 Å². The summed E-state index contributed by atoms with van der Waals surface area (Å²) in [4.78, 5) is 14.1. The number of aromatic nitrogens is 1. The van der Waals surface area contributed by atoms with E-state index in [1.807, 2.05) is 0 Å². The molecule has 0 bridgehead atoms. The van der Waals surface area contributed by atoms with Crippen molar-refractivity contribution < 1.29 is 18.3 Å². The van der Waals surface area contributed by atoms with Crippen LogP contribution in [0, 0.1) is 0 Å². The molecule has 1 aromatic heterocycles. The molecule has 1 amide bonds. The van der Waals surface area contributed by atoms with Gasteiger partial charge in [0.25, 0.3) is 0 Å². The van der Waals surface area contributed by atoms with Crippen LogP contribution >= 0.6 is 0 Å². The summed E-state index contributed by atoms with van der Waals surface area (Å²) in [5, 5.41) is 0. The zero-order chi connectivity index (χ0) is 9.84. The van der Waals surface area contributed by atoms with Gasteiger partial charge in [0, 0.05) is 6.20 Å². The SMILES string of the molecule is NC(=O)c1cncc(OC(F)F)c1. The van der Waals surface area contributed by atoms with Crippen molar-refractivity contribution in [2.45, 2.75) is 6.61 Å². The monoisotopic (exact) mass is 188 g/mol. The molecular weight excluding hydrogens is 182 g/mol. The Labute approximate surface area is 72.3 Å². The summed E-state index contributed by atoms with van der Waals surface area (Å²) < 4.78 is 27.4. The van der Waals surface area contributed by atoms with E-state index in [9.17, 15) is 13.6 Å². The maximum absolute atomic E-state index is 11.7. The number of halogens is 2. The molecule has 0 aromatic carbocycles. The normalized spacial score (nSPS) is 10.1. The minimum atomic E-state index is -2.94. The first kappa shape index (κ1) is 9.37. The fraction of sp³-hybridized carbons (Fsp3) is 0.143. The second-order valence-corrected chi connectivity index (χ2v) is 2.15. The van der Waals surface area contributed by atoms with Crippen LogP contribution in [0.4, 0.5) is 8.78 Å². The van der Waals surface area contributed by atoms with Gasteiger partial charge in [0.15, 0.2) is 0 Å². The summed E-state index contributed by atoms with van der Waals surface area (Å²) in [6, 6.07) is 1.10. The third-order valence-electron chi connectivity index (χ3n) is 1.22. The summed E-state index contributed by atoms with van der Waals surface area (Å²) in [6.07, 6.45) is 2.24. The Morgan fingerprint density at radius 3 is 2.77 bits per heavy atom. The molecule has 1 heterocycles. The molecule has 2 N–H and O–H groups in total. The quantitative estimate of drug-likeness (QED) is 0.762. The average Bonchev–Trinajstić information content (AvgIpc) is 2.03. The van der Waals surface area contributed by atoms with Crippen LogP contribution in [0.3, 0.4) is 0 Å². The van der Waals surface area contributed by atoms with E-state index in [4.69, 9.17) is 5.73 Å². The topological polar surface area (TPSA) is 65.2 Å². The van der Waals surface area contributed by atoms with Crippen LogP contribution in [0.1, 0.15) is 10.4 Å². The summed E-state index contributed by atoms with van der Waals surface area (Å²) in [5.41, 5.74) is 4.92. The number of nitrogens with two attached hydrogens (primary N) is 1. The molecule has 0 spiro atoms. The number of nitrogens with zero attached hydrogens (tertiary/aromatic N) is 1. The third kappa shape index (κ3) is 2.66. The highest BCUT2D eigenvalue weighted by Crippen LogP contribution is 2.13. The first-order valence-corrected chi connectivity index (χ1v) is 3.29. The molecule has 4 nitrogen and oxygen atoms in total. The molecule has 0 saturated carbocycles. The van der Waals surface area contributed by atoms with Gasteiger partial charge < -0.3 is 10.5 Å². The largest absolute Gasteiger partial charge is 0.433 e. The average molecular weight is 188 g/mol. The van der Waals surface area contributed by atoms with Gasteiger partial charge in [-0.15, -0.1) is 0 Å². The number of hydrogen-bond donors (Lipinski definition) is 1. The van der Waals surface area contributed by atoms with E-state index < -0.39 is 12.5 Å². The van der Waals surface area contributed by atoms with E-state index >= 15 is 0 Å². The van der Waals surface area contributed by atoms with Crippen LogP contribution in [0.15, 0.2) is 18.5 Å². The highest BCUT2D eigenvalue weighted by molar-refractivity contribution is 5.92. The lowest BCUT2D eigenvalue weighted by molar-refractivity contribution is -0.0501. The van der Waals surface area contributed by atoms with Crippen LogP contribution in [-0.4, -0.2) is 17.5 Å². The molecule has 1 aromatic rings. The van der Waals surface area contributed by atoms with Gasteiger partial charge in [-0.25, -0.2) is 0 Å². The number of carbonyl (C=O) groups excluding carboxylic acids is 1. The Morgan fingerprint density at radius 1 is 1.54 bits per heavy atom. The zero-order valence-electron chi connectivity index (χ0n) is 6.41. The Bertz CT molecular complexity index is 317. The maximum Gasteiger partial charge on any atom is 0.387 e. The number of alkyl halides is 2. The van der Waals surface area contributed by atoms with Crippen molar-refractivity contribution in [2.75, 3.05) is 0 Å². The van der Waals surface area contributed by atoms with E-state index in [0.29, 0.717) is 0 Å². The summed E-state index contributed by atoms with van der Waals surface area (Å²) in [5.74, 6) is -0.932. The van der Waals surface area contributed by atoms with Gasteiger partial charge in [-0.2, -0.15) is 8.78 Å². The van der Waals surface area contributed by atoms with Crippen molar-refractivity contribution in [1.29, 1.82) is 0 Å². The molecular formula is C7H6F2N2O2. The molecule has 6 heteroatoms. The Kier molecular flexibility index (Phi) is 2.73. The fourth-order valence-electron chi connectivity index (χ4n) is 0.721. The first-order valence-electron chi connectivity index (χ1n) is 3.29. The van der Waals surface area contributed by atoms with Gasteiger partial charge >= 0.3 is 6.61 Å². The van der Waals surface area contributed by atoms with Gasteiger partial charge in [-0.05, 0) is 6.07 Å². The van der Waals surface area contributed by atoms with Crippen molar-refractivity contribution in [3.8, 4) is 5.75 Å². The van der Waals surface area contributed by atoms with Gasteiger partial charge in [-0.3, -0.25) is 9.78 Å². The molecule has 0 aliphatic rings. The van der Waals surface area contributed by atoms with E-state index in [-0.39, 0.29) is 11.3 Å². The Balaban J connectivity index is 2.85. The molecule has 0 aliphatic carbocycles. The van der Waals surface area contributed by atoms with E-state index in [2.05, 4.69) is 9.72 Å². The van der Waals surface area contributed by atoms with Gasteiger partial charge in [0.05, 0.1) is 11.8 Å². The highest BCUT2D eigenvalue weighted by Gasteiger charge is 2.07. The minimum absolute atomic E-state index is 0.0261. The molecule has 0 radical (unpaired) electrons. The number of primary amides is 1. The standard InChI is InChI=1S/C7H6F2N2O2/c8-7(9)13-5-1-4(6(10)12)2-11-3-5/h1-3,7H,(H2,10,12). The lowest BCUT2D eigenvalue weighted by atomic mass is 10.3. The molecule has 13 heavy (non-hydrogen) atoms. The van der Waals surface area contributed by atoms with Crippen LogP contribution in [0.2, 0.25) is 0 Å². The van der Waals surface area contributed by atoms with Gasteiger partial charge in [0.2, 0.25) is 5.91 Å². The molecule has 0 atom stereocenters. The van der Waals surface area contributed by atoms with E-state index in [1.165, 1.54) is 6.20 Å². The van der Waals surface area contributed by atoms with Gasteiger partial charge in [-0.1, -0.05) is 0 Å². The minimum Gasteiger partial charge on any atom is -0.433 e. The lowest BCUT2D eigenvalue weighted by Crippen LogP contribution is -2.12. The van der Waals surface area contributed by atoms with Crippen LogP contribution in [0.5, 0.6) is 5.75 Å². The first-order chi connectivity index (χ1) is 6.09. The van der Waals surface area contributed by atoms with Crippen molar-refractivity contribution in [3.63, 3.8) is 0 Å². The summed E-state index contributed by atoms with van der Waals surface area (Å²) in [7, 11) is 0. The summed E-state index contributed by atoms with van der Waals surface area (Å²) >= 11 is 0. The van der Waals surface area contributed by atoms with Crippen LogP contribution in [-0.2, 0) is 0 Å². The molecule has 1 rings (SSSR count). The zero-order valence-corrected chi connectivity index (χ0v) is 6.41. The molecule has 0 unspecified atom stereocenters. The van der Waals surface area contributed by atoms with Crippen molar-refractivity contribution in [1.82, 2.24) is 4.98 Å². The number of rotatable bonds is 3. The van der Waals surface area contributed by atoms with Crippen molar-refractivity contribution in [3.05, 3.63) is 24.0 Å². The van der Waals surface area contributed by atoms with Crippen molar-refractivity contribution in [2.24, 2.45) is 5.73 Å². The number of amides is 1. The van der Waals surface area contributed by atoms with Crippen molar-refractivity contribution >= 4 is 5.91 Å². The van der Waals surface area contributed by atoms with Crippen LogP contribution < -0.4 is 10.5 Å². The lowest BCUT2D eigenvalue weighted by Gasteiger charge is -2.03.